The Morgan fingerprint density at radius 1 is 0.443 bits per heavy atom. The molecule has 6 N–H and O–H groups in total. The number of nitrogens with zero attached hydrogens (tertiary/aromatic N) is 14. The second-order valence-electron chi connectivity index (χ2n) is 35.6. The number of aromatic nitrogens is 14. The Hall–Kier alpha value is -14.5. The number of rotatable bonds is 27. The first-order chi connectivity index (χ1) is 66.2. The van der Waals surface area contributed by atoms with Crippen molar-refractivity contribution in [3.8, 4) is 74.0 Å². The minimum absolute atomic E-state index is 0.0339. The summed E-state index contributed by atoms with van der Waals surface area (Å²) in [6.07, 6.45) is 3.38. The maximum Gasteiger partial charge on any atom is 0.253 e. The molecule has 0 spiro atoms. The minimum atomic E-state index is -3.19. The first-order valence-corrected chi connectivity index (χ1v) is 49.5. The van der Waals surface area contributed by atoms with Gasteiger partial charge in [-0.2, -0.15) is 25.1 Å². The fraction of sp³-hybridized carbons (Fsp3) is 0.337. The monoisotopic (exact) mass is 1990 g/mol. The Morgan fingerprint density at radius 2 is 0.829 bits per heavy atom. The van der Waals surface area contributed by atoms with Gasteiger partial charge in [0, 0.05) is 101 Å². The predicted octanol–water partition coefficient (Wildman–Crippen LogP) is 12.8. The SMILES string of the molecule is CC(C)NC(=O)c1cnc2c(-c3cccc(OC(C)F)c3)nn(-c3ncc(F)cn3)c2c1.CC(F)Oc1ccc(F)c(-c2nn(C(C)C(N)=O)c3cc(C(=O)NC4(C)CS(=O)(=O)C4)cnc23)c1.CC(F)Oc1cccc(-c2nn(CC3CCOCC3)c3cc(C(=O)NC4(C)CS(=O)(=O)C4)cnc23)c1.CC(F)Oc1cccc(-c2nn(Cc3ccc(F)cc3)c3cc(C(=O)NC4(C)CS(=O)(=O)C4)cnc23)c1. The zero-order valence-corrected chi connectivity index (χ0v) is 79.5. The van der Waals surface area contributed by atoms with Gasteiger partial charge in [-0.05, 0) is 157 Å². The topological polar surface area (TPSA) is 457 Å². The minimum Gasteiger partial charge on any atom is -0.461 e. The maximum absolute atomic E-state index is 14.8. The fourth-order valence-corrected chi connectivity index (χ4v) is 22.6. The van der Waals surface area contributed by atoms with Crippen LogP contribution in [0.1, 0.15) is 135 Å². The van der Waals surface area contributed by atoms with Crippen LogP contribution in [0.3, 0.4) is 0 Å². The van der Waals surface area contributed by atoms with E-state index < -0.39 is 107 Å². The Balaban J connectivity index is 0.000000141. The lowest BCUT2D eigenvalue weighted by molar-refractivity contribution is -0.120. The van der Waals surface area contributed by atoms with E-state index in [2.05, 4.69) is 61.4 Å². The lowest BCUT2D eigenvalue weighted by Crippen LogP contribution is -2.63. The molecule has 4 fully saturated rings. The number of nitrogens with one attached hydrogen (secondary N) is 4. The van der Waals surface area contributed by atoms with Crippen molar-refractivity contribution in [2.24, 2.45) is 11.7 Å². The third kappa shape index (κ3) is 23.7. The van der Waals surface area contributed by atoms with Crippen molar-refractivity contribution < 1.29 is 104 Å². The quantitative estimate of drug-likeness (QED) is 0.0298. The summed E-state index contributed by atoms with van der Waals surface area (Å²) >= 11 is 0. The molecular weight excluding hydrogens is 1890 g/mol. The van der Waals surface area contributed by atoms with Crippen LogP contribution < -0.4 is 45.9 Å². The number of pyridine rings is 4. The highest BCUT2D eigenvalue weighted by Gasteiger charge is 2.48. The van der Waals surface area contributed by atoms with Gasteiger partial charge in [0.25, 0.3) is 29.6 Å². The van der Waals surface area contributed by atoms with Crippen LogP contribution in [0.4, 0.5) is 30.7 Å². The van der Waals surface area contributed by atoms with E-state index in [0.29, 0.717) is 115 Å². The number of carbonyl (C=O) groups is 5. The number of hydrogen-bond acceptors (Lipinski definition) is 26. The van der Waals surface area contributed by atoms with Gasteiger partial charge >= 0.3 is 0 Å². The predicted molar refractivity (Wildman–Crippen MR) is 503 cm³/mol. The number of ether oxygens (including phenoxy) is 5. The summed E-state index contributed by atoms with van der Waals surface area (Å²) in [6, 6.07) is 35.5. The van der Waals surface area contributed by atoms with Crippen molar-refractivity contribution in [3.63, 3.8) is 0 Å². The summed E-state index contributed by atoms with van der Waals surface area (Å²) in [5.41, 5.74) is 11.8. The van der Waals surface area contributed by atoms with E-state index in [0.717, 1.165) is 42.4 Å². The van der Waals surface area contributed by atoms with E-state index >= 15 is 0 Å². The highest BCUT2D eigenvalue weighted by Crippen LogP contribution is 2.39. The van der Waals surface area contributed by atoms with Gasteiger partial charge in [-0.3, -0.25) is 58.0 Å². The van der Waals surface area contributed by atoms with Crippen molar-refractivity contribution in [3.05, 3.63) is 222 Å². The highest BCUT2D eigenvalue weighted by molar-refractivity contribution is 7.93. The molecule has 0 bridgehead atoms. The molecule has 4 saturated heterocycles. The molecule has 5 unspecified atom stereocenters. The molecule has 18 rings (SSSR count). The van der Waals surface area contributed by atoms with Crippen LogP contribution in [0.5, 0.6) is 23.0 Å². The number of benzene rings is 5. The number of alkyl halides is 4. The number of nitrogens with two attached hydrogens (primary N) is 1. The van der Waals surface area contributed by atoms with Gasteiger partial charge in [-0.1, -0.05) is 48.5 Å². The zero-order chi connectivity index (χ0) is 100. The van der Waals surface area contributed by atoms with Crippen LogP contribution in [0, 0.1) is 23.4 Å². The van der Waals surface area contributed by atoms with Gasteiger partial charge in [-0.25, -0.2) is 66.0 Å². The van der Waals surface area contributed by atoms with Crippen LogP contribution in [0.2, 0.25) is 0 Å². The second-order valence-corrected chi connectivity index (χ2v) is 41.8. The Labute approximate surface area is 797 Å². The number of primary amides is 1. The number of halogens is 7. The van der Waals surface area contributed by atoms with E-state index in [1.807, 2.05) is 24.6 Å². The fourth-order valence-electron chi connectivity index (χ4n) is 16.6. The third-order valence-electron chi connectivity index (χ3n) is 22.5. The molecule has 14 aromatic rings. The molecule has 734 valence electrons. The summed E-state index contributed by atoms with van der Waals surface area (Å²) < 4.78 is 197. The molecular formula is C95H96F7N19O16S3. The number of amides is 5. The van der Waals surface area contributed by atoms with Crippen LogP contribution in [0.25, 0.3) is 95.1 Å². The summed E-state index contributed by atoms with van der Waals surface area (Å²) in [4.78, 5) is 89.0. The van der Waals surface area contributed by atoms with Crippen molar-refractivity contribution in [1.29, 1.82) is 0 Å². The zero-order valence-electron chi connectivity index (χ0n) is 77.0. The van der Waals surface area contributed by atoms with Crippen molar-refractivity contribution in [2.75, 3.05) is 47.7 Å². The van der Waals surface area contributed by atoms with Gasteiger partial charge in [0.2, 0.25) is 31.3 Å². The molecule has 5 aromatic carbocycles. The first-order valence-electron chi connectivity index (χ1n) is 44.0. The molecule has 0 aliphatic carbocycles. The molecule has 0 radical (unpaired) electrons. The third-order valence-corrected chi connectivity index (χ3v) is 29.0. The molecule has 4 aliphatic heterocycles. The number of hydrogen-bond donors (Lipinski definition) is 5. The lowest BCUT2D eigenvalue weighted by atomic mass is 10.0. The van der Waals surface area contributed by atoms with Gasteiger partial charge in [0.15, 0.2) is 35.3 Å². The van der Waals surface area contributed by atoms with Gasteiger partial charge in [-0.15, -0.1) is 0 Å². The van der Waals surface area contributed by atoms with Crippen LogP contribution in [0.15, 0.2) is 177 Å². The van der Waals surface area contributed by atoms with Crippen LogP contribution in [-0.4, -0.2) is 220 Å². The molecule has 35 nitrogen and oxygen atoms in total. The average molecular weight is 1990 g/mol. The maximum atomic E-state index is 14.8. The number of fused-ring (bicyclic) bond motifs is 4. The second kappa shape index (κ2) is 40.5. The van der Waals surface area contributed by atoms with E-state index in [4.69, 9.17) is 39.6 Å². The standard InChI is InChI=1S/C26H24F2N4O4S.C25H29FN4O5S.C22H20F2N6O2.C22H23F2N5O5S/c1-16(27)36-21-5-3-4-18(10-21)23-24-22(32(31-23)13-17-6-8-20(28)9-7-17)11-19(12-29-24)25(33)30-26(2)14-37(34,35)15-26;1-16(26)35-20-5-3-4-18(10-20)22-23-21(30(29-22)13-17-6-8-34-9-7-17)11-19(12-27-23)24(31)28-25(2)14-36(32,33)15-25;1-12(2)28-21(31)15-8-18-20(25-9-15)19(14-5-4-6-17(7-14)32-13(3)23)29-30(18)22-26-10-16(24)11-27-22;1-11(20(25)30)29-17-6-13(21(31)27-22(3)9-35(32,33)10-22)8-26-19(17)18(28-29)15-7-14(34-12(2)23)4-5-16(15)24/h3-12,16H,13-15H2,1-2H3,(H,30,33);3-5,10-12,16-17H,6-9,13-15H2,1-2H3,(H,28,31);4-13H,1-3H3,(H,28,31);4-8,11-12H,9-10H2,1-3H3,(H2,25,30)(H,27,31). The van der Waals surface area contributed by atoms with Gasteiger partial charge < -0.3 is 50.7 Å². The first kappa shape index (κ1) is 100.0. The van der Waals surface area contributed by atoms with E-state index in [1.54, 1.807) is 123 Å². The molecule has 5 atom stereocenters. The summed E-state index contributed by atoms with van der Waals surface area (Å²) in [5, 5.41) is 29.6. The van der Waals surface area contributed by atoms with Crippen molar-refractivity contribution in [2.45, 2.75) is 149 Å². The molecule has 9 aromatic heterocycles. The van der Waals surface area contributed by atoms with E-state index in [9.17, 15) is 80.0 Å². The van der Waals surface area contributed by atoms with Crippen molar-refractivity contribution >= 4 is 103 Å². The molecule has 0 saturated carbocycles. The van der Waals surface area contributed by atoms with E-state index in [1.165, 1.54) is 99.1 Å². The van der Waals surface area contributed by atoms with Crippen LogP contribution >= 0.6 is 0 Å². The molecule has 140 heavy (non-hydrogen) atoms. The van der Waals surface area contributed by atoms with E-state index in [-0.39, 0.29) is 110 Å². The summed E-state index contributed by atoms with van der Waals surface area (Å²) in [5.74, 6) is -3.27. The normalized spacial score (nSPS) is 16.8. The highest BCUT2D eigenvalue weighted by atomic mass is 32.2. The summed E-state index contributed by atoms with van der Waals surface area (Å²) in [6.45, 7) is 17.6. The Morgan fingerprint density at radius 3 is 1.25 bits per heavy atom. The molecule has 13 heterocycles. The van der Waals surface area contributed by atoms with Gasteiger partial charge in [0.1, 0.15) is 85.5 Å². The number of sulfone groups is 3. The lowest BCUT2D eigenvalue weighted by Gasteiger charge is -2.38. The van der Waals surface area contributed by atoms with Crippen molar-refractivity contribution in [1.82, 2.24) is 90.3 Å². The number of carbonyl (C=O) groups excluding carboxylic acids is 5. The molecule has 4 aliphatic rings. The summed E-state index contributed by atoms with van der Waals surface area (Å²) in [7, 11) is -9.43. The molecule has 45 heteroatoms. The average Bonchev–Trinajstić information content (AvgIpc) is 1.69. The Bertz CT molecular complexity index is 7440. The van der Waals surface area contributed by atoms with Gasteiger partial charge in [0.05, 0.1) is 114 Å². The molecule has 5 amide bonds. The smallest absolute Gasteiger partial charge is 0.253 e. The largest absolute Gasteiger partial charge is 0.461 e. The van der Waals surface area contributed by atoms with Crippen LogP contribution in [-0.2, 0) is 52.1 Å². The Kier molecular flexibility index (Phi) is 28.9.